The molecule has 0 aromatic heterocycles. The Labute approximate surface area is 147 Å². The number of ether oxygens (including phenoxy) is 2. The second-order valence-electron chi connectivity index (χ2n) is 5.44. The number of nitrogens with one attached hydrogen (secondary N) is 2. The first-order valence-corrected chi connectivity index (χ1v) is 9.29. The van der Waals surface area contributed by atoms with E-state index in [9.17, 15) is 18.0 Å². The Morgan fingerprint density at radius 2 is 1.76 bits per heavy atom. The first-order chi connectivity index (χ1) is 11.7. The molecule has 0 aliphatic carbocycles. The molecular formula is C16H24N2O6S. The Kier molecular flexibility index (Phi) is 8.01. The number of hydrogen-bond acceptors (Lipinski definition) is 6. The number of rotatable bonds is 9. The zero-order valence-electron chi connectivity index (χ0n) is 14.7. The van der Waals surface area contributed by atoms with Crippen LogP contribution in [0.1, 0.15) is 31.1 Å². The van der Waals surface area contributed by atoms with E-state index in [1.165, 1.54) is 38.3 Å². The van der Waals surface area contributed by atoms with E-state index in [1.807, 2.05) is 0 Å². The van der Waals surface area contributed by atoms with Crippen molar-refractivity contribution in [3.8, 4) is 0 Å². The van der Waals surface area contributed by atoms with Crippen molar-refractivity contribution in [3.63, 3.8) is 0 Å². The van der Waals surface area contributed by atoms with E-state index < -0.39 is 34.0 Å². The van der Waals surface area contributed by atoms with E-state index in [2.05, 4.69) is 10.0 Å². The van der Waals surface area contributed by atoms with E-state index in [4.69, 9.17) is 9.47 Å². The van der Waals surface area contributed by atoms with Crippen LogP contribution in [0.3, 0.4) is 0 Å². The van der Waals surface area contributed by atoms with Crippen molar-refractivity contribution >= 4 is 21.9 Å². The Hall–Kier alpha value is -1.97. The van der Waals surface area contributed by atoms with Gasteiger partial charge in [0.1, 0.15) is 0 Å². The zero-order chi connectivity index (χ0) is 19.0. The smallest absolute Gasteiger partial charge is 0.338 e. The molecule has 2 atom stereocenters. The van der Waals surface area contributed by atoms with Gasteiger partial charge in [0.15, 0.2) is 6.10 Å². The summed E-state index contributed by atoms with van der Waals surface area (Å²) in [5.41, 5.74) is 0.153. The van der Waals surface area contributed by atoms with Gasteiger partial charge in [0.05, 0.1) is 17.1 Å². The van der Waals surface area contributed by atoms with Crippen molar-refractivity contribution in [2.45, 2.75) is 37.8 Å². The van der Waals surface area contributed by atoms with E-state index in [1.54, 1.807) is 13.8 Å². The van der Waals surface area contributed by atoms with Crippen LogP contribution in [0.2, 0.25) is 0 Å². The molecule has 9 heteroatoms. The summed E-state index contributed by atoms with van der Waals surface area (Å²) in [5, 5.41) is 2.55. The molecule has 1 amide bonds. The minimum Gasteiger partial charge on any atom is -0.449 e. The number of sulfonamides is 1. The summed E-state index contributed by atoms with van der Waals surface area (Å²) in [6.45, 7) is 5.56. The highest BCUT2D eigenvalue weighted by Gasteiger charge is 2.20. The summed E-state index contributed by atoms with van der Waals surface area (Å²) in [7, 11) is -2.24. The second-order valence-corrected chi connectivity index (χ2v) is 7.16. The molecule has 1 rings (SSSR count). The lowest BCUT2D eigenvalue weighted by atomic mass is 10.2. The van der Waals surface area contributed by atoms with Crippen LogP contribution in [0.25, 0.3) is 0 Å². The van der Waals surface area contributed by atoms with Gasteiger partial charge in [-0.05, 0) is 45.0 Å². The SMILES string of the molecule is CCNC(=O)[C@H](C)OC(=O)c1ccc(S(=O)(=O)N[C@H](C)COC)cc1. The van der Waals surface area contributed by atoms with Crippen molar-refractivity contribution in [2.24, 2.45) is 0 Å². The third-order valence-corrected chi connectivity index (χ3v) is 4.78. The van der Waals surface area contributed by atoms with Gasteiger partial charge in [0.2, 0.25) is 10.0 Å². The van der Waals surface area contributed by atoms with Gasteiger partial charge in [-0.2, -0.15) is 0 Å². The van der Waals surface area contributed by atoms with Crippen molar-refractivity contribution in [2.75, 3.05) is 20.3 Å². The molecule has 0 unspecified atom stereocenters. The molecule has 0 aliphatic rings. The number of carbonyl (C=O) groups excluding carboxylic acids is 2. The summed E-state index contributed by atoms with van der Waals surface area (Å²) >= 11 is 0. The largest absolute Gasteiger partial charge is 0.449 e. The Balaban J connectivity index is 2.78. The molecule has 0 heterocycles. The molecule has 0 spiro atoms. The summed E-state index contributed by atoms with van der Waals surface area (Å²) in [4.78, 5) is 23.6. The summed E-state index contributed by atoms with van der Waals surface area (Å²) in [5.74, 6) is -1.10. The van der Waals surface area contributed by atoms with Crippen molar-refractivity contribution in [1.82, 2.24) is 10.0 Å². The molecular weight excluding hydrogens is 348 g/mol. The molecule has 0 radical (unpaired) electrons. The maximum absolute atomic E-state index is 12.2. The standard InChI is InChI=1S/C16H24N2O6S/c1-5-17-15(19)12(3)24-16(20)13-6-8-14(9-7-13)25(21,22)18-11(2)10-23-4/h6-9,11-12,18H,5,10H2,1-4H3,(H,17,19)/t11-,12+/m1/s1. The number of benzene rings is 1. The first-order valence-electron chi connectivity index (χ1n) is 7.81. The summed E-state index contributed by atoms with van der Waals surface area (Å²) in [6.07, 6.45) is -0.938. The molecule has 1 aromatic rings. The van der Waals surface area contributed by atoms with Crippen LogP contribution in [0.4, 0.5) is 0 Å². The molecule has 140 valence electrons. The highest BCUT2D eigenvalue weighted by molar-refractivity contribution is 7.89. The number of methoxy groups -OCH3 is 1. The quantitative estimate of drug-likeness (QED) is 0.617. The van der Waals surface area contributed by atoms with Crippen molar-refractivity contribution in [1.29, 1.82) is 0 Å². The van der Waals surface area contributed by atoms with Crippen LogP contribution in [0.15, 0.2) is 29.2 Å². The number of hydrogen-bond donors (Lipinski definition) is 2. The van der Waals surface area contributed by atoms with Crippen LogP contribution in [-0.2, 0) is 24.3 Å². The third-order valence-electron chi connectivity index (χ3n) is 3.18. The minimum atomic E-state index is -3.71. The van der Waals surface area contributed by atoms with Gasteiger partial charge in [-0.25, -0.2) is 17.9 Å². The topological polar surface area (TPSA) is 111 Å². The molecule has 0 saturated heterocycles. The molecule has 2 N–H and O–H groups in total. The molecule has 0 bridgehead atoms. The lowest BCUT2D eigenvalue weighted by Crippen LogP contribution is -2.36. The maximum atomic E-state index is 12.2. The van der Waals surface area contributed by atoms with Crippen LogP contribution in [0.5, 0.6) is 0 Å². The van der Waals surface area contributed by atoms with Gasteiger partial charge in [0.25, 0.3) is 5.91 Å². The Morgan fingerprint density at radius 3 is 2.28 bits per heavy atom. The van der Waals surface area contributed by atoms with Crippen LogP contribution < -0.4 is 10.0 Å². The van der Waals surface area contributed by atoms with Crippen LogP contribution in [-0.4, -0.2) is 52.7 Å². The summed E-state index contributed by atoms with van der Waals surface area (Å²) in [6, 6.07) is 4.88. The predicted octanol–water partition coefficient (Wildman–Crippen LogP) is 0.681. The lowest BCUT2D eigenvalue weighted by molar-refractivity contribution is -0.128. The van der Waals surface area contributed by atoms with Gasteiger partial charge in [-0.15, -0.1) is 0 Å². The van der Waals surface area contributed by atoms with E-state index in [0.717, 1.165) is 0 Å². The number of amides is 1. The molecule has 8 nitrogen and oxygen atoms in total. The lowest BCUT2D eigenvalue weighted by Gasteiger charge is -2.14. The third kappa shape index (κ3) is 6.45. The first kappa shape index (κ1) is 21.1. The highest BCUT2D eigenvalue weighted by atomic mass is 32.2. The molecule has 0 aliphatic heterocycles. The normalized spacial score (nSPS) is 13.8. The maximum Gasteiger partial charge on any atom is 0.338 e. The minimum absolute atomic E-state index is 0.0174. The fraction of sp³-hybridized carbons (Fsp3) is 0.500. The predicted molar refractivity (Wildman–Crippen MR) is 91.7 cm³/mol. The van der Waals surface area contributed by atoms with Crippen LogP contribution in [0, 0.1) is 0 Å². The van der Waals surface area contributed by atoms with E-state index >= 15 is 0 Å². The van der Waals surface area contributed by atoms with Gasteiger partial charge in [-0.1, -0.05) is 0 Å². The van der Waals surface area contributed by atoms with E-state index in [-0.39, 0.29) is 17.1 Å². The Morgan fingerprint density at radius 1 is 1.16 bits per heavy atom. The van der Waals surface area contributed by atoms with Crippen LogP contribution >= 0.6 is 0 Å². The molecule has 0 saturated carbocycles. The van der Waals surface area contributed by atoms with Crippen molar-refractivity contribution in [3.05, 3.63) is 29.8 Å². The number of likely N-dealkylation sites (N-methyl/N-ethyl adjacent to an activating group) is 1. The Bertz CT molecular complexity index is 687. The van der Waals surface area contributed by atoms with Gasteiger partial charge in [-0.3, -0.25) is 4.79 Å². The van der Waals surface area contributed by atoms with E-state index in [0.29, 0.717) is 6.54 Å². The highest BCUT2D eigenvalue weighted by Crippen LogP contribution is 2.13. The summed E-state index contributed by atoms with van der Waals surface area (Å²) < 4.78 is 36.8. The molecule has 25 heavy (non-hydrogen) atoms. The van der Waals surface area contributed by atoms with Gasteiger partial charge < -0.3 is 14.8 Å². The number of carbonyl (C=O) groups is 2. The number of esters is 1. The van der Waals surface area contributed by atoms with Gasteiger partial charge in [0, 0.05) is 19.7 Å². The fourth-order valence-corrected chi connectivity index (χ4v) is 3.22. The fourth-order valence-electron chi connectivity index (χ4n) is 1.99. The van der Waals surface area contributed by atoms with Gasteiger partial charge >= 0.3 is 5.97 Å². The second kappa shape index (κ2) is 9.50. The zero-order valence-corrected chi connectivity index (χ0v) is 15.6. The monoisotopic (exact) mass is 372 g/mol. The average Bonchev–Trinajstić information content (AvgIpc) is 2.54. The molecule has 1 aromatic carbocycles. The molecule has 0 fully saturated rings. The average molecular weight is 372 g/mol. The van der Waals surface area contributed by atoms with Crippen molar-refractivity contribution < 1.29 is 27.5 Å².